The average molecular weight is 485 g/mol. The molecule has 2 aliphatic rings. The summed E-state index contributed by atoms with van der Waals surface area (Å²) >= 11 is 0. The Morgan fingerprint density at radius 1 is 0.938 bits per heavy atom. The highest BCUT2D eigenvalue weighted by Gasteiger charge is 2.61. The fraction of sp³-hybridized carbons (Fsp3) is 0.762. The molecule has 0 amide bonds. The molecule has 0 spiro atoms. The first-order chi connectivity index (χ1) is 14.9. The average Bonchev–Trinajstić information content (AvgIpc) is 2.96. The standard InChI is InChI=1S/C21H36N2O7Si2/c1-12(2)31(13(3)4)27-11-16-19(29-32(30-31,14(5)6)15(7)8)18(25)20(28-16)23-10-9-17(24)22-21(23)26/h9-10,12-16,19-20H,11H2,1-8H3,(H,22,24,26)/t16-,19-,20-/m1/s1. The van der Waals surface area contributed by atoms with E-state index in [1.54, 1.807) is 0 Å². The van der Waals surface area contributed by atoms with E-state index in [2.05, 4.69) is 60.4 Å². The van der Waals surface area contributed by atoms with Crippen molar-refractivity contribution >= 4 is 22.9 Å². The van der Waals surface area contributed by atoms with Crippen LogP contribution in [0.2, 0.25) is 22.2 Å². The Kier molecular flexibility index (Phi) is 7.19. The highest BCUT2D eigenvalue weighted by molar-refractivity contribution is 6.84. The number of fused-ring (bicyclic) bond motifs is 1. The first kappa shape index (κ1) is 25.3. The number of H-pyrrole nitrogens is 1. The van der Waals surface area contributed by atoms with E-state index in [4.69, 9.17) is 17.7 Å². The van der Waals surface area contributed by atoms with Crippen molar-refractivity contribution in [1.29, 1.82) is 0 Å². The van der Waals surface area contributed by atoms with Crippen LogP contribution in [0.4, 0.5) is 0 Å². The van der Waals surface area contributed by atoms with Crippen molar-refractivity contribution in [3.8, 4) is 0 Å². The molecule has 2 saturated heterocycles. The first-order valence-electron chi connectivity index (χ1n) is 11.4. The first-order valence-corrected chi connectivity index (χ1v) is 15.3. The molecule has 9 nitrogen and oxygen atoms in total. The molecule has 2 fully saturated rings. The van der Waals surface area contributed by atoms with Gasteiger partial charge >= 0.3 is 22.8 Å². The lowest BCUT2D eigenvalue weighted by molar-refractivity contribution is -0.130. The summed E-state index contributed by atoms with van der Waals surface area (Å²) in [5.41, 5.74) is -0.768. The fourth-order valence-electron chi connectivity index (χ4n) is 4.83. The molecule has 1 aromatic rings. The number of ether oxygens (including phenoxy) is 1. The number of hydrogen-bond donors (Lipinski definition) is 1. The summed E-state index contributed by atoms with van der Waals surface area (Å²) in [6.07, 6.45) is -1.47. The lowest BCUT2D eigenvalue weighted by atomic mass is 10.1. The number of carbonyl (C=O) groups excluding carboxylic acids is 1. The van der Waals surface area contributed by atoms with Gasteiger partial charge in [-0.15, -0.1) is 0 Å². The summed E-state index contributed by atoms with van der Waals surface area (Å²) in [7, 11) is -5.72. The largest absolute Gasteiger partial charge is 0.414 e. The fourth-order valence-corrected chi connectivity index (χ4v) is 16.0. The van der Waals surface area contributed by atoms with Crippen LogP contribution in [0, 0.1) is 0 Å². The van der Waals surface area contributed by atoms with Gasteiger partial charge in [-0.3, -0.25) is 19.1 Å². The van der Waals surface area contributed by atoms with Crippen molar-refractivity contribution < 1.29 is 22.5 Å². The zero-order valence-electron chi connectivity index (χ0n) is 20.2. The van der Waals surface area contributed by atoms with Gasteiger partial charge in [0, 0.05) is 12.3 Å². The molecule has 11 heteroatoms. The second-order valence-electron chi connectivity index (χ2n) is 9.96. The number of ketones is 1. The molecular weight excluding hydrogens is 448 g/mol. The molecule has 32 heavy (non-hydrogen) atoms. The third-order valence-corrected chi connectivity index (χ3v) is 16.8. The number of aromatic nitrogens is 2. The molecule has 0 bridgehead atoms. The van der Waals surface area contributed by atoms with E-state index >= 15 is 0 Å². The second kappa shape index (κ2) is 9.11. The molecule has 0 radical (unpaired) electrons. The quantitative estimate of drug-likeness (QED) is 0.640. The zero-order valence-corrected chi connectivity index (χ0v) is 22.2. The number of Topliss-reactive ketones (excluding diaryl/α,β-unsaturated/α-hetero) is 1. The predicted octanol–water partition coefficient (Wildman–Crippen LogP) is 2.96. The molecule has 1 N–H and O–H groups in total. The summed E-state index contributed by atoms with van der Waals surface area (Å²) in [5, 5.41) is 0. The van der Waals surface area contributed by atoms with Gasteiger partial charge in [0.1, 0.15) is 12.2 Å². The third-order valence-electron chi connectivity index (χ3n) is 6.59. The van der Waals surface area contributed by atoms with E-state index in [0.717, 1.165) is 4.57 Å². The monoisotopic (exact) mass is 484 g/mol. The smallest absolute Gasteiger partial charge is 0.335 e. The molecule has 0 unspecified atom stereocenters. The summed E-state index contributed by atoms with van der Waals surface area (Å²) in [6.45, 7) is 16.9. The highest BCUT2D eigenvalue weighted by atomic mass is 28.5. The van der Waals surface area contributed by atoms with Crippen molar-refractivity contribution in [3.05, 3.63) is 33.1 Å². The maximum Gasteiger partial charge on any atom is 0.335 e. The number of carbonyl (C=O) groups is 1. The number of nitrogens with zero attached hydrogens (tertiary/aromatic N) is 1. The van der Waals surface area contributed by atoms with E-state index in [9.17, 15) is 14.4 Å². The van der Waals surface area contributed by atoms with Crippen molar-refractivity contribution in [1.82, 2.24) is 9.55 Å². The molecule has 2 aliphatic heterocycles. The second-order valence-corrected chi connectivity index (χ2v) is 18.8. The number of rotatable bonds is 5. The predicted molar refractivity (Wildman–Crippen MR) is 124 cm³/mol. The summed E-state index contributed by atoms with van der Waals surface area (Å²) in [5.74, 6) is -0.363. The van der Waals surface area contributed by atoms with Gasteiger partial charge in [-0.1, -0.05) is 55.4 Å². The lowest BCUT2D eigenvalue weighted by Gasteiger charge is -2.50. The van der Waals surface area contributed by atoms with Gasteiger partial charge in [-0.2, -0.15) is 0 Å². The minimum absolute atomic E-state index is 0.0666. The third kappa shape index (κ3) is 4.14. The van der Waals surface area contributed by atoms with Crippen molar-refractivity contribution in [2.45, 2.75) is 96.0 Å². The van der Waals surface area contributed by atoms with Crippen LogP contribution >= 0.6 is 0 Å². The SMILES string of the molecule is CC(C)[Si]1(C(C)C)OC[C@H]2O[C@@H](n3ccc(=O)[nH]c3=O)C(=O)[C@@H]2O[Si](C(C)C)(C(C)C)O1. The highest BCUT2D eigenvalue weighted by Crippen LogP contribution is 2.47. The van der Waals surface area contributed by atoms with E-state index < -0.39 is 46.8 Å². The Morgan fingerprint density at radius 3 is 2.00 bits per heavy atom. The summed E-state index contributed by atoms with van der Waals surface area (Å²) in [6, 6.07) is 1.19. The maximum atomic E-state index is 13.4. The lowest BCUT2D eigenvalue weighted by Crippen LogP contribution is -2.65. The van der Waals surface area contributed by atoms with Gasteiger partial charge in [0.15, 0.2) is 6.23 Å². The molecule has 3 atom stereocenters. The normalized spacial score (nSPS) is 27.8. The van der Waals surface area contributed by atoms with Gasteiger partial charge in [-0.05, 0) is 22.2 Å². The molecule has 1 aromatic heterocycles. The van der Waals surface area contributed by atoms with Crippen LogP contribution in [0.1, 0.15) is 61.6 Å². The minimum atomic E-state index is -2.97. The van der Waals surface area contributed by atoms with Gasteiger partial charge < -0.3 is 17.7 Å². The van der Waals surface area contributed by atoms with Crippen LogP contribution in [0.25, 0.3) is 0 Å². The Bertz CT molecular complexity index is 940. The zero-order chi connectivity index (χ0) is 24.0. The molecule has 0 aliphatic carbocycles. The maximum absolute atomic E-state index is 13.4. The van der Waals surface area contributed by atoms with Gasteiger partial charge in [0.2, 0.25) is 5.78 Å². The Morgan fingerprint density at radius 2 is 1.50 bits per heavy atom. The summed E-state index contributed by atoms with van der Waals surface area (Å²) < 4.78 is 27.5. The Balaban J connectivity index is 2.09. The Hall–Kier alpha value is -1.38. The van der Waals surface area contributed by atoms with Crippen molar-refractivity contribution in [2.24, 2.45) is 0 Å². The molecule has 0 saturated carbocycles. The van der Waals surface area contributed by atoms with Crippen molar-refractivity contribution in [3.63, 3.8) is 0 Å². The number of aromatic amines is 1. The van der Waals surface area contributed by atoms with Gasteiger partial charge in [-0.25, -0.2) is 4.79 Å². The number of nitrogens with one attached hydrogen (secondary N) is 1. The van der Waals surface area contributed by atoms with Gasteiger partial charge in [0.25, 0.3) is 5.56 Å². The minimum Gasteiger partial charge on any atom is -0.414 e. The molecule has 3 rings (SSSR count). The summed E-state index contributed by atoms with van der Waals surface area (Å²) in [4.78, 5) is 39.4. The van der Waals surface area contributed by atoms with E-state index in [1.165, 1.54) is 12.3 Å². The van der Waals surface area contributed by atoms with Crippen LogP contribution in [-0.2, 0) is 22.5 Å². The van der Waals surface area contributed by atoms with Crippen LogP contribution in [0.3, 0.4) is 0 Å². The topological polar surface area (TPSA) is 109 Å². The molecule has 180 valence electrons. The van der Waals surface area contributed by atoms with E-state index in [-0.39, 0.29) is 34.6 Å². The number of hydrogen-bond acceptors (Lipinski definition) is 7. The van der Waals surface area contributed by atoms with Crippen molar-refractivity contribution in [2.75, 3.05) is 6.61 Å². The van der Waals surface area contributed by atoms with E-state index in [0.29, 0.717) is 0 Å². The van der Waals surface area contributed by atoms with Crippen LogP contribution < -0.4 is 11.2 Å². The van der Waals surface area contributed by atoms with Crippen LogP contribution in [-0.4, -0.2) is 51.3 Å². The molecule has 3 heterocycles. The van der Waals surface area contributed by atoms with Gasteiger partial charge in [0.05, 0.1) is 6.61 Å². The van der Waals surface area contributed by atoms with Crippen LogP contribution in [0.15, 0.2) is 21.9 Å². The van der Waals surface area contributed by atoms with E-state index in [1.807, 2.05) is 0 Å². The molecular formula is C21H36N2O7Si2. The Labute approximate surface area is 190 Å². The molecule has 0 aromatic carbocycles. The van der Waals surface area contributed by atoms with Crippen LogP contribution in [0.5, 0.6) is 0 Å².